The Hall–Kier alpha value is -3.39. The Morgan fingerprint density at radius 2 is 1.91 bits per heavy atom. The van der Waals surface area contributed by atoms with Crippen LogP contribution in [-0.2, 0) is 11.4 Å². The fourth-order valence-electron chi connectivity index (χ4n) is 3.93. The number of rotatable bonds is 7. The number of amides is 2. The van der Waals surface area contributed by atoms with Crippen LogP contribution < -0.4 is 10.1 Å². The van der Waals surface area contributed by atoms with Gasteiger partial charge in [-0.1, -0.05) is 12.1 Å². The number of carbonyl (C=O) groups is 2. The molecule has 0 unspecified atom stereocenters. The van der Waals surface area contributed by atoms with Crippen molar-refractivity contribution in [3.05, 3.63) is 66.1 Å². The van der Waals surface area contributed by atoms with Gasteiger partial charge in [0.25, 0.3) is 5.91 Å². The van der Waals surface area contributed by atoms with Crippen LogP contribution in [0.1, 0.15) is 28.9 Å². The van der Waals surface area contributed by atoms with E-state index in [1.807, 2.05) is 58.1 Å². The lowest BCUT2D eigenvalue weighted by molar-refractivity contribution is -0.122. The lowest BCUT2D eigenvalue weighted by Crippen LogP contribution is -2.51. The number of hydrogen-bond acceptors (Lipinski definition) is 5. The fraction of sp³-hybridized carbons (Fsp3) is 0.375. The zero-order chi connectivity index (χ0) is 21.9. The first-order valence-electron chi connectivity index (χ1n) is 11.1. The van der Waals surface area contributed by atoms with Crippen LogP contribution in [0.15, 0.2) is 54.9 Å². The normalized spacial score (nSPS) is 16.8. The molecule has 1 aromatic carbocycles. The van der Waals surface area contributed by atoms with Gasteiger partial charge in [0.2, 0.25) is 5.91 Å². The summed E-state index contributed by atoms with van der Waals surface area (Å²) in [4.78, 5) is 33.5. The van der Waals surface area contributed by atoms with E-state index in [-0.39, 0.29) is 11.8 Å². The molecule has 0 radical (unpaired) electrons. The van der Waals surface area contributed by atoms with E-state index in [1.54, 1.807) is 6.07 Å². The lowest BCUT2D eigenvalue weighted by Gasteiger charge is -2.34. The molecule has 8 nitrogen and oxygen atoms in total. The van der Waals surface area contributed by atoms with Crippen LogP contribution in [0.25, 0.3) is 5.65 Å². The number of nitrogens with zero attached hydrogens (tertiary/aromatic N) is 4. The van der Waals surface area contributed by atoms with Gasteiger partial charge in [-0.3, -0.25) is 14.5 Å². The van der Waals surface area contributed by atoms with Crippen LogP contribution in [0.2, 0.25) is 0 Å². The summed E-state index contributed by atoms with van der Waals surface area (Å²) in [5.74, 6) is 0.719. The van der Waals surface area contributed by atoms with Crippen LogP contribution in [0.3, 0.4) is 0 Å². The second kappa shape index (κ2) is 9.00. The fourth-order valence-corrected chi connectivity index (χ4v) is 3.93. The number of nitrogens with one attached hydrogen (secondary N) is 1. The molecule has 3 aromatic rings. The first kappa shape index (κ1) is 20.5. The summed E-state index contributed by atoms with van der Waals surface area (Å²) in [7, 11) is 0. The van der Waals surface area contributed by atoms with E-state index in [0.717, 1.165) is 24.2 Å². The molecule has 32 heavy (non-hydrogen) atoms. The van der Waals surface area contributed by atoms with E-state index >= 15 is 0 Å². The zero-order valence-corrected chi connectivity index (χ0v) is 17.9. The number of piperazine rings is 1. The van der Waals surface area contributed by atoms with Crippen molar-refractivity contribution >= 4 is 17.5 Å². The number of carbonyl (C=O) groups excluding carboxylic acids is 2. The van der Waals surface area contributed by atoms with Crippen molar-refractivity contribution in [1.82, 2.24) is 24.5 Å². The molecule has 8 heteroatoms. The van der Waals surface area contributed by atoms with E-state index in [9.17, 15) is 9.59 Å². The minimum absolute atomic E-state index is 0.00902. The topological polar surface area (TPSA) is 79.2 Å². The van der Waals surface area contributed by atoms with Crippen LogP contribution >= 0.6 is 0 Å². The van der Waals surface area contributed by atoms with Gasteiger partial charge in [0, 0.05) is 50.2 Å². The summed E-state index contributed by atoms with van der Waals surface area (Å²) in [6.07, 6.45) is 6.07. The van der Waals surface area contributed by atoms with Gasteiger partial charge in [0.15, 0.2) is 0 Å². The van der Waals surface area contributed by atoms with Gasteiger partial charge in [-0.2, -0.15) is 0 Å². The molecule has 166 valence electrons. The maximum Gasteiger partial charge on any atom is 0.254 e. The number of benzene rings is 1. The molecule has 0 atom stereocenters. The average molecular weight is 434 g/mol. The predicted molar refractivity (Wildman–Crippen MR) is 119 cm³/mol. The summed E-state index contributed by atoms with van der Waals surface area (Å²) in [5.41, 5.74) is 2.31. The van der Waals surface area contributed by atoms with Crippen molar-refractivity contribution in [2.75, 3.05) is 32.7 Å². The number of pyridine rings is 1. The smallest absolute Gasteiger partial charge is 0.254 e. The van der Waals surface area contributed by atoms with Crippen molar-refractivity contribution in [3.63, 3.8) is 0 Å². The van der Waals surface area contributed by atoms with Crippen molar-refractivity contribution in [2.24, 2.45) is 0 Å². The third-order valence-corrected chi connectivity index (χ3v) is 5.85. The lowest BCUT2D eigenvalue weighted by atomic mass is 10.1. The van der Waals surface area contributed by atoms with Gasteiger partial charge in [0.1, 0.15) is 18.0 Å². The second-order valence-corrected chi connectivity index (χ2v) is 8.42. The number of imidazole rings is 1. The highest BCUT2D eigenvalue weighted by atomic mass is 16.5. The monoisotopic (exact) mass is 433 g/mol. The zero-order valence-electron chi connectivity index (χ0n) is 17.9. The first-order chi connectivity index (χ1) is 15.6. The number of hydrogen-bond donors (Lipinski definition) is 1. The SMILES string of the molecule is O=C(CN1CCN(C(=O)c2cccc(OCc3cn4ccccc4n3)c2)CC1)NC1CC1. The predicted octanol–water partition coefficient (Wildman–Crippen LogP) is 1.95. The Bertz CT molecular complexity index is 1080. The van der Waals surface area contributed by atoms with Crippen molar-refractivity contribution in [3.8, 4) is 5.75 Å². The third-order valence-electron chi connectivity index (χ3n) is 5.85. The van der Waals surface area contributed by atoms with E-state index in [4.69, 9.17) is 4.74 Å². The van der Waals surface area contributed by atoms with Gasteiger partial charge >= 0.3 is 0 Å². The van der Waals surface area contributed by atoms with Crippen molar-refractivity contribution in [1.29, 1.82) is 0 Å². The van der Waals surface area contributed by atoms with Crippen LogP contribution in [0.4, 0.5) is 0 Å². The van der Waals surface area contributed by atoms with Crippen LogP contribution in [0, 0.1) is 0 Å². The molecule has 2 aromatic heterocycles. The van der Waals surface area contributed by atoms with Crippen molar-refractivity contribution in [2.45, 2.75) is 25.5 Å². The molecule has 2 fully saturated rings. The van der Waals surface area contributed by atoms with Gasteiger partial charge in [0.05, 0.1) is 12.2 Å². The molecule has 1 N–H and O–H groups in total. The maximum atomic E-state index is 13.0. The molecular formula is C24H27N5O3. The molecule has 2 aliphatic rings. The molecule has 0 bridgehead atoms. The van der Waals surface area contributed by atoms with Gasteiger partial charge in [-0.05, 0) is 43.2 Å². The first-order valence-corrected chi connectivity index (χ1v) is 11.1. The molecule has 2 amide bonds. The number of fused-ring (bicyclic) bond motifs is 1. The Balaban J connectivity index is 1.14. The molecule has 3 heterocycles. The minimum atomic E-state index is -0.00902. The number of aromatic nitrogens is 2. The summed E-state index contributed by atoms with van der Waals surface area (Å²) < 4.78 is 7.85. The molecule has 5 rings (SSSR count). The largest absolute Gasteiger partial charge is 0.487 e. The number of ether oxygens (including phenoxy) is 1. The second-order valence-electron chi connectivity index (χ2n) is 8.42. The van der Waals surface area contributed by atoms with Gasteiger partial charge in [-0.15, -0.1) is 0 Å². The molecular weight excluding hydrogens is 406 g/mol. The van der Waals surface area contributed by atoms with Crippen LogP contribution in [-0.4, -0.2) is 69.8 Å². The Kier molecular flexibility index (Phi) is 5.77. The quantitative estimate of drug-likeness (QED) is 0.616. The van der Waals surface area contributed by atoms with Crippen molar-refractivity contribution < 1.29 is 14.3 Å². The summed E-state index contributed by atoms with van der Waals surface area (Å²) in [6, 6.07) is 13.5. The molecule has 0 spiro atoms. The Labute approximate surface area is 186 Å². The standard InChI is InChI=1S/C24H27N5O3/c30-23(26-19-7-8-19)16-27-10-12-28(13-11-27)24(31)18-4-3-5-21(14-18)32-17-20-15-29-9-2-1-6-22(29)25-20/h1-6,9,14-15,19H,7-8,10-13,16-17H2,(H,26,30). The summed E-state index contributed by atoms with van der Waals surface area (Å²) in [5, 5.41) is 3.02. The highest BCUT2D eigenvalue weighted by Gasteiger charge is 2.26. The molecule has 1 saturated carbocycles. The van der Waals surface area contributed by atoms with E-state index in [1.165, 1.54) is 0 Å². The molecule has 1 aliphatic carbocycles. The van der Waals surface area contributed by atoms with Gasteiger partial charge in [-0.25, -0.2) is 4.98 Å². The highest BCUT2D eigenvalue weighted by Crippen LogP contribution is 2.19. The summed E-state index contributed by atoms with van der Waals surface area (Å²) >= 11 is 0. The minimum Gasteiger partial charge on any atom is -0.487 e. The van der Waals surface area contributed by atoms with E-state index < -0.39 is 0 Å². The van der Waals surface area contributed by atoms with Gasteiger partial charge < -0.3 is 19.4 Å². The average Bonchev–Trinajstić information content (AvgIpc) is 3.52. The Morgan fingerprint density at radius 3 is 2.69 bits per heavy atom. The summed E-state index contributed by atoms with van der Waals surface area (Å²) in [6.45, 7) is 3.37. The van der Waals surface area contributed by atoms with E-state index in [0.29, 0.717) is 56.7 Å². The maximum absolute atomic E-state index is 13.0. The highest BCUT2D eigenvalue weighted by molar-refractivity contribution is 5.94. The molecule has 1 aliphatic heterocycles. The van der Waals surface area contributed by atoms with E-state index in [2.05, 4.69) is 15.2 Å². The molecule has 1 saturated heterocycles. The van der Waals surface area contributed by atoms with Crippen LogP contribution in [0.5, 0.6) is 5.75 Å². The third kappa shape index (κ3) is 4.91. The Morgan fingerprint density at radius 1 is 1.06 bits per heavy atom.